The smallest absolute Gasteiger partial charge is 0.254 e. The fourth-order valence-corrected chi connectivity index (χ4v) is 1.95. The van der Waals surface area contributed by atoms with Crippen LogP contribution in [-0.2, 0) is 6.61 Å². The molecule has 0 aliphatic heterocycles. The van der Waals surface area contributed by atoms with Gasteiger partial charge in [-0.3, -0.25) is 0 Å². The van der Waals surface area contributed by atoms with Gasteiger partial charge in [-0.15, -0.1) is 10.2 Å². The quantitative estimate of drug-likeness (QED) is 0.722. The maximum Gasteiger partial charge on any atom is 0.254 e. The van der Waals surface area contributed by atoms with Gasteiger partial charge in [-0.2, -0.15) is 0 Å². The SMILES string of the molecule is OCCOc1ccc(OCc2nnc(-c3ccccc3)o2)cc1. The maximum atomic E-state index is 8.70. The number of aromatic nitrogens is 2. The van der Waals surface area contributed by atoms with Crippen LogP contribution in [0.3, 0.4) is 0 Å². The summed E-state index contributed by atoms with van der Waals surface area (Å²) in [6, 6.07) is 16.7. The standard InChI is InChI=1S/C17H16N2O4/c20-10-11-21-14-6-8-15(9-7-14)22-12-16-18-19-17(23-16)13-4-2-1-3-5-13/h1-9,20H,10-12H2. The molecule has 0 bridgehead atoms. The number of hydrogen-bond acceptors (Lipinski definition) is 6. The van der Waals surface area contributed by atoms with Crippen molar-refractivity contribution >= 4 is 0 Å². The lowest BCUT2D eigenvalue weighted by Gasteiger charge is -2.06. The number of rotatable bonds is 7. The van der Waals surface area contributed by atoms with E-state index in [9.17, 15) is 0 Å². The molecule has 0 aliphatic rings. The first-order chi connectivity index (χ1) is 11.3. The average molecular weight is 312 g/mol. The van der Waals surface area contributed by atoms with Gasteiger partial charge < -0.3 is 19.0 Å². The van der Waals surface area contributed by atoms with Gasteiger partial charge in [0, 0.05) is 5.56 Å². The maximum absolute atomic E-state index is 8.70. The fourth-order valence-electron chi connectivity index (χ4n) is 1.95. The van der Waals surface area contributed by atoms with Gasteiger partial charge in [0.05, 0.1) is 6.61 Å². The molecule has 0 unspecified atom stereocenters. The van der Waals surface area contributed by atoms with Gasteiger partial charge in [0.15, 0.2) is 6.61 Å². The van der Waals surface area contributed by atoms with E-state index in [0.717, 1.165) is 5.56 Å². The van der Waals surface area contributed by atoms with Crippen LogP contribution in [0, 0.1) is 0 Å². The van der Waals surface area contributed by atoms with E-state index in [1.807, 2.05) is 30.3 Å². The predicted octanol–water partition coefficient (Wildman–Crippen LogP) is 2.69. The summed E-state index contributed by atoms with van der Waals surface area (Å²) in [7, 11) is 0. The van der Waals surface area contributed by atoms with E-state index in [1.54, 1.807) is 24.3 Å². The Kier molecular flexibility index (Phi) is 4.85. The van der Waals surface area contributed by atoms with Crippen molar-refractivity contribution in [2.45, 2.75) is 6.61 Å². The lowest BCUT2D eigenvalue weighted by molar-refractivity contribution is 0.201. The van der Waals surface area contributed by atoms with Crippen molar-refractivity contribution in [1.29, 1.82) is 0 Å². The molecule has 6 nitrogen and oxygen atoms in total. The summed E-state index contributed by atoms with van der Waals surface area (Å²) in [5, 5.41) is 16.7. The largest absolute Gasteiger partial charge is 0.491 e. The van der Waals surface area contributed by atoms with Crippen molar-refractivity contribution in [2.24, 2.45) is 0 Å². The van der Waals surface area contributed by atoms with Crippen LogP contribution in [0.1, 0.15) is 5.89 Å². The third kappa shape index (κ3) is 4.08. The Morgan fingerprint density at radius 1 is 0.870 bits per heavy atom. The van der Waals surface area contributed by atoms with E-state index < -0.39 is 0 Å². The van der Waals surface area contributed by atoms with Crippen LogP contribution >= 0.6 is 0 Å². The van der Waals surface area contributed by atoms with Gasteiger partial charge in [-0.05, 0) is 36.4 Å². The molecule has 1 N–H and O–H groups in total. The topological polar surface area (TPSA) is 77.6 Å². The van der Waals surface area contributed by atoms with Crippen molar-refractivity contribution < 1.29 is 19.0 Å². The van der Waals surface area contributed by atoms with Gasteiger partial charge in [0.1, 0.15) is 18.1 Å². The minimum atomic E-state index is -0.0147. The molecule has 0 aliphatic carbocycles. The molecule has 23 heavy (non-hydrogen) atoms. The van der Waals surface area contributed by atoms with Crippen molar-refractivity contribution in [2.75, 3.05) is 13.2 Å². The molecule has 3 rings (SSSR count). The highest BCUT2D eigenvalue weighted by Gasteiger charge is 2.08. The van der Waals surface area contributed by atoms with Crippen molar-refractivity contribution in [1.82, 2.24) is 10.2 Å². The molecule has 0 atom stereocenters. The van der Waals surface area contributed by atoms with E-state index in [1.165, 1.54) is 0 Å². The lowest BCUT2D eigenvalue weighted by Crippen LogP contribution is -2.01. The van der Waals surface area contributed by atoms with Crippen LogP contribution in [0.4, 0.5) is 0 Å². The van der Waals surface area contributed by atoms with E-state index >= 15 is 0 Å². The average Bonchev–Trinajstić information content (AvgIpc) is 3.09. The number of ether oxygens (including phenoxy) is 2. The molecule has 0 spiro atoms. The zero-order chi connectivity index (χ0) is 15.9. The number of benzene rings is 2. The van der Waals surface area contributed by atoms with Crippen molar-refractivity contribution in [3.63, 3.8) is 0 Å². The van der Waals surface area contributed by atoms with Crippen molar-refractivity contribution in [3.05, 3.63) is 60.5 Å². The molecular weight excluding hydrogens is 296 g/mol. The molecule has 0 saturated heterocycles. The van der Waals surface area contributed by atoms with E-state index in [0.29, 0.717) is 23.3 Å². The van der Waals surface area contributed by atoms with E-state index in [2.05, 4.69) is 10.2 Å². The molecule has 0 fully saturated rings. The van der Waals surface area contributed by atoms with E-state index in [4.69, 9.17) is 19.0 Å². The Balaban J connectivity index is 1.57. The van der Waals surface area contributed by atoms with Gasteiger partial charge in [-0.1, -0.05) is 18.2 Å². The summed E-state index contributed by atoms with van der Waals surface area (Å²) < 4.78 is 16.4. The highest BCUT2D eigenvalue weighted by atomic mass is 16.5. The Labute approximate surface area is 133 Å². The molecule has 1 aromatic heterocycles. The highest BCUT2D eigenvalue weighted by Crippen LogP contribution is 2.20. The molecule has 0 amide bonds. The molecule has 0 radical (unpaired) electrons. The fraction of sp³-hybridized carbons (Fsp3) is 0.176. The van der Waals surface area contributed by atoms with Gasteiger partial charge in [0.25, 0.3) is 5.89 Å². The number of nitrogens with zero attached hydrogens (tertiary/aromatic N) is 2. The van der Waals surface area contributed by atoms with Crippen LogP contribution in [0.25, 0.3) is 11.5 Å². The third-order valence-electron chi connectivity index (χ3n) is 3.03. The molecular formula is C17H16N2O4. The monoisotopic (exact) mass is 312 g/mol. The van der Waals surface area contributed by atoms with Crippen LogP contribution in [0.5, 0.6) is 11.5 Å². The van der Waals surface area contributed by atoms with Crippen LogP contribution in [-0.4, -0.2) is 28.5 Å². The number of hydrogen-bond donors (Lipinski definition) is 1. The second-order valence-corrected chi connectivity index (χ2v) is 4.70. The van der Waals surface area contributed by atoms with Crippen molar-refractivity contribution in [3.8, 4) is 23.0 Å². The minimum Gasteiger partial charge on any atom is -0.491 e. The molecule has 2 aromatic carbocycles. The second kappa shape index (κ2) is 7.42. The summed E-state index contributed by atoms with van der Waals surface area (Å²) in [6.07, 6.45) is 0. The highest BCUT2D eigenvalue weighted by molar-refractivity contribution is 5.51. The first-order valence-electron chi connectivity index (χ1n) is 7.19. The summed E-state index contributed by atoms with van der Waals surface area (Å²) in [5.74, 6) is 2.22. The van der Waals surface area contributed by atoms with Crippen LogP contribution in [0.2, 0.25) is 0 Å². The zero-order valence-electron chi connectivity index (χ0n) is 12.4. The summed E-state index contributed by atoms with van der Waals surface area (Å²) >= 11 is 0. The van der Waals surface area contributed by atoms with E-state index in [-0.39, 0.29) is 19.8 Å². The lowest BCUT2D eigenvalue weighted by atomic mass is 10.2. The number of aliphatic hydroxyl groups is 1. The summed E-state index contributed by atoms with van der Waals surface area (Å²) in [4.78, 5) is 0. The molecule has 0 saturated carbocycles. The van der Waals surface area contributed by atoms with Gasteiger partial charge >= 0.3 is 0 Å². The molecule has 118 valence electrons. The molecule has 1 heterocycles. The Morgan fingerprint density at radius 2 is 1.57 bits per heavy atom. The Morgan fingerprint density at radius 3 is 2.26 bits per heavy atom. The third-order valence-corrected chi connectivity index (χ3v) is 3.03. The van der Waals surface area contributed by atoms with Crippen LogP contribution in [0.15, 0.2) is 59.0 Å². The Hall–Kier alpha value is -2.86. The predicted molar refractivity (Wildman–Crippen MR) is 83.1 cm³/mol. The number of aliphatic hydroxyl groups excluding tert-OH is 1. The molecule has 3 aromatic rings. The zero-order valence-corrected chi connectivity index (χ0v) is 12.4. The summed E-state index contributed by atoms with van der Waals surface area (Å²) in [6.45, 7) is 0.445. The van der Waals surface area contributed by atoms with Gasteiger partial charge in [0.2, 0.25) is 5.89 Å². The molecule has 6 heteroatoms. The Bertz CT molecular complexity index is 726. The second-order valence-electron chi connectivity index (χ2n) is 4.70. The first kappa shape index (κ1) is 15.1. The first-order valence-corrected chi connectivity index (χ1v) is 7.19. The summed E-state index contributed by atoms with van der Waals surface area (Å²) in [5.41, 5.74) is 0.872. The normalized spacial score (nSPS) is 10.5. The van der Waals surface area contributed by atoms with Crippen LogP contribution < -0.4 is 9.47 Å². The van der Waals surface area contributed by atoms with Gasteiger partial charge in [-0.25, -0.2) is 0 Å². The minimum absolute atomic E-state index is 0.0147.